The van der Waals surface area contributed by atoms with Crippen LogP contribution in [0.4, 0.5) is 4.79 Å². The van der Waals surface area contributed by atoms with Gasteiger partial charge in [-0.25, -0.2) is 4.79 Å². The molecule has 2 saturated heterocycles. The number of fused-ring (bicyclic) bond motifs is 2. The largest absolute Gasteiger partial charge is 0.445 e. The minimum Gasteiger partial charge on any atom is -0.445 e. The van der Waals surface area contributed by atoms with Gasteiger partial charge in [0.2, 0.25) is 0 Å². The Bertz CT molecular complexity index is 932. The van der Waals surface area contributed by atoms with Gasteiger partial charge in [0.25, 0.3) is 5.91 Å². The van der Waals surface area contributed by atoms with Gasteiger partial charge in [-0.15, -0.1) is 0 Å². The van der Waals surface area contributed by atoms with E-state index in [1.165, 1.54) is 5.56 Å². The summed E-state index contributed by atoms with van der Waals surface area (Å²) in [5.74, 6) is 0.0659. The summed E-state index contributed by atoms with van der Waals surface area (Å²) in [5.41, 5.74) is 3.21. The summed E-state index contributed by atoms with van der Waals surface area (Å²) in [7, 11) is 0. The fourth-order valence-electron chi connectivity index (χ4n) is 5.86. The first-order valence-corrected chi connectivity index (χ1v) is 12.9. The maximum Gasteiger partial charge on any atom is 0.410 e. The molecule has 2 fully saturated rings. The lowest BCUT2D eigenvalue weighted by molar-refractivity contribution is -0.116. The van der Waals surface area contributed by atoms with Gasteiger partial charge >= 0.3 is 6.09 Å². The van der Waals surface area contributed by atoms with E-state index in [1.807, 2.05) is 11.0 Å². The lowest BCUT2D eigenvalue weighted by atomic mass is 9.74. The van der Waals surface area contributed by atoms with Crippen LogP contribution in [-0.2, 0) is 14.9 Å². The molecule has 34 heavy (non-hydrogen) atoms. The second-order valence-electron chi connectivity index (χ2n) is 9.87. The third-order valence-electron chi connectivity index (χ3n) is 7.99. The molecule has 6 nitrogen and oxygen atoms in total. The molecule has 0 radical (unpaired) electrons. The van der Waals surface area contributed by atoms with Crippen molar-refractivity contribution in [3.8, 4) is 0 Å². The van der Waals surface area contributed by atoms with Crippen LogP contribution >= 0.6 is 0 Å². The number of hydrogen-bond acceptors (Lipinski definition) is 4. The molecule has 1 aromatic carbocycles. The molecule has 1 N–H and O–H groups in total. The fourth-order valence-corrected chi connectivity index (χ4v) is 5.86. The molecule has 0 bridgehead atoms. The summed E-state index contributed by atoms with van der Waals surface area (Å²) in [4.78, 5) is 29.7. The molecule has 0 aromatic heterocycles. The molecular formula is C28H43N3O3. The number of rotatable bonds is 7. The van der Waals surface area contributed by atoms with Gasteiger partial charge in [-0.2, -0.15) is 0 Å². The van der Waals surface area contributed by atoms with E-state index in [0.29, 0.717) is 6.04 Å². The van der Waals surface area contributed by atoms with Gasteiger partial charge in [0.05, 0.1) is 0 Å². The number of allylic oxidation sites excluding steroid dienone is 1. The van der Waals surface area contributed by atoms with Crippen molar-refractivity contribution in [2.75, 3.05) is 32.8 Å². The quantitative estimate of drug-likeness (QED) is 0.571. The summed E-state index contributed by atoms with van der Waals surface area (Å²) in [6.07, 6.45) is 9.53. The van der Waals surface area contributed by atoms with Gasteiger partial charge in [-0.1, -0.05) is 56.8 Å². The Kier molecular flexibility index (Phi) is 7.77. The first-order chi connectivity index (χ1) is 16.5. The van der Waals surface area contributed by atoms with Crippen LogP contribution in [0.2, 0.25) is 0 Å². The van der Waals surface area contributed by atoms with Crippen LogP contribution in [0.25, 0.3) is 5.57 Å². The van der Waals surface area contributed by atoms with Crippen LogP contribution < -0.4 is 5.32 Å². The van der Waals surface area contributed by atoms with Crippen molar-refractivity contribution in [2.45, 2.75) is 69.9 Å². The molecule has 0 atom stereocenters. The molecule has 2 heterocycles. The molecule has 188 valence electrons. The number of carbonyl (C=O) groups excluding carboxylic acids is 2. The smallest absolute Gasteiger partial charge is 0.410 e. The Morgan fingerprint density at radius 3 is 2.50 bits per heavy atom. The maximum absolute atomic E-state index is 13.2. The van der Waals surface area contributed by atoms with E-state index in [1.54, 1.807) is 6.08 Å². The Morgan fingerprint density at radius 2 is 1.85 bits per heavy atom. The molecule has 0 unspecified atom stereocenters. The normalized spacial score (nSPS) is 20.2. The van der Waals surface area contributed by atoms with Crippen molar-refractivity contribution in [1.29, 1.82) is 0 Å². The lowest BCUT2D eigenvalue weighted by Crippen LogP contribution is -2.51. The number of nitrogens with one attached hydrogen (secondary N) is 1. The predicted octanol–water partition coefficient (Wildman–Crippen LogP) is 5.00. The van der Waals surface area contributed by atoms with E-state index in [4.69, 9.17) is 4.74 Å². The van der Waals surface area contributed by atoms with Crippen molar-refractivity contribution in [1.82, 2.24) is 15.1 Å². The van der Waals surface area contributed by atoms with E-state index in [2.05, 4.69) is 54.9 Å². The minimum absolute atomic E-state index is 0. The first kappa shape index (κ1) is 24.5. The summed E-state index contributed by atoms with van der Waals surface area (Å²) in [6.45, 7) is 11.6. The van der Waals surface area contributed by atoms with Crippen LogP contribution in [-0.4, -0.2) is 66.7 Å². The van der Waals surface area contributed by atoms with Crippen molar-refractivity contribution < 1.29 is 17.2 Å². The molecule has 1 spiro atoms. The zero-order valence-electron chi connectivity index (χ0n) is 20.7. The molecule has 6 heteroatoms. The average Bonchev–Trinajstić information content (AvgIpc) is 3.20. The Balaban J connectivity index is 0.00000228. The highest BCUT2D eigenvalue weighted by Crippen LogP contribution is 2.47. The predicted molar refractivity (Wildman–Crippen MR) is 140 cm³/mol. The molecule has 1 aromatic rings. The van der Waals surface area contributed by atoms with Crippen LogP contribution in [0.5, 0.6) is 0 Å². The molecule has 1 aliphatic carbocycles. The second-order valence-corrected chi connectivity index (χ2v) is 9.87. The summed E-state index contributed by atoms with van der Waals surface area (Å²) in [6, 6.07) is 9.18. The minimum atomic E-state index is -0.233. The number of ether oxygens (including phenoxy) is 1. The van der Waals surface area contributed by atoms with Gasteiger partial charge in [0.15, 0.2) is 0 Å². The summed E-state index contributed by atoms with van der Waals surface area (Å²) in [5, 5.41) is 3.24. The monoisotopic (exact) mass is 469 g/mol. The van der Waals surface area contributed by atoms with Crippen molar-refractivity contribution in [2.24, 2.45) is 0 Å². The van der Waals surface area contributed by atoms with Crippen LogP contribution in [0.3, 0.4) is 0 Å². The van der Waals surface area contributed by atoms with Gasteiger partial charge in [0.1, 0.15) is 6.61 Å². The molecule has 2 amide bonds. The highest BCUT2D eigenvalue weighted by Gasteiger charge is 2.43. The Morgan fingerprint density at radius 1 is 1.18 bits per heavy atom. The summed E-state index contributed by atoms with van der Waals surface area (Å²) >= 11 is 0. The maximum atomic E-state index is 13.2. The van der Waals surface area contributed by atoms with E-state index >= 15 is 0 Å². The van der Waals surface area contributed by atoms with E-state index in [-0.39, 0.29) is 32.9 Å². The number of piperidine rings is 2. The van der Waals surface area contributed by atoms with Crippen molar-refractivity contribution in [3.05, 3.63) is 54.1 Å². The Hall–Kier alpha value is -2.60. The van der Waals surface area contributed by atoms with Gasteiger partial charge < -0.3 is 19.9 Å². The van der Waals surface area contributed by atoms with Crippen molar-refractivity contribution >= 4 is 17.6 Å². The third-order valence-corrected chi connectivity index (χ3v) is 7.99. The van der Waals surface area contributed by atoms with Gasteiger partial charge in [-0.05, 0) is 62.7 Å². The van der Waals surface area contributed by atoms with Crippen LogP contribution in [0, 0.1) is 0 Å². The number of benzene rings is 1. The second kappa shape index (κ2) is 10.8. The van der Waals surface area contributed by atoms with Crippen LogP contribution in [0.1, 0.15) is 66.4 Å². The van der Waals surface area contributed by atoms with E-state index < -0.39 is 0 Å². The number of carbonyl (C=O) groups is 2. The molecule has 4 rings (SSSR count). The van der Waals surface area contributed by atoms with E-state index in [0.717, 1.165) is 75.8 Å². The molecule has 2 aliphatic heterocycles. The number of hydrogen-bond donors (Lipinski definition) is 1. The molecule has 3 aliphatic rings. The van der Waals surface area contributed by atoms with Crippen LogP contribution in [0.15, 0.2) is 43.0 Å². The zero-order chi connectivity index (χ0) is 24.1. The number of nitrogens with zero attached hydrogens (tertiary/aromatic N) is 2. The summed E-state index contributed by atoms with van der Waals surface area (Å²) < 4.78 is 5.19. The fraction of sp³-hybridized carbons (Fsp3) is 0.571. The lowest BCUT2D eigenvalue weighted by Gasteiger charge is -2.44. The highest BCUT2D eigenvalue weighted by atomic mass is 16.6. The van der Waals surface area contributed by atoms with Gasteiger partial charge in [-0.3, -0.25) is 4.79 Å². The highest BCUT2D eigenvalue weighted by molar-refractivity contribution is 6.21. The Labute approximate surface area is 207 Å². The topological polar surface area (TPSA) is 61.9 Å². The van der Waals surface area contributed by atoms with E-state index in [9.17, 15) is 9.59 Å². The number of likely N-dealkylation sites (tertiary alicyclic amines) is 2. The molecular weight excluding hydrogens is 426 g/mol. The average molecular weight is 470 g/mol. The van der Waals surface area contributed by atoms with Gasteiger partial charge in [0, 0.05) is 39.0 Å². The number of amides is 2. The SMILES string of the molecule is C=CCOC(=O)N1CCC(N2CCC3(C=C(C(=O)NC(CC)CC)c4ccccc43)CC2)CC1.[HH].[HH]. The molecule has 0 saturated carbocycles. The standard InChI is InChI=1S/C28H39N3O3.2H2/c1-4-19-34-27(33)31-15-11-22(12-16-31)30-17-13-28(14-18-30)20-24(23-9-7-8-10-25(23)28)26(32)29-21(5-2)6-3;;/h4,7-10,20-22H,1,5-6,11-19H2,2-3H3,(H,29,32);2*1H. The first-order valence-electron chi connectivity index (χ1n) is 12.9. The van der Waals surface area contributed by atoms with Crippen molar-refractivity contribution in [3.63, 3.8) is 0 Å². The zero-order valence-corrected chi connectivity index (χ0v) is 20.7. The third kappa shape index (κ3) is 4.92.